The van der Waals surface area contributed by atoms with Gasteiger partial charge >= 0.3 is 0 Å². The van der Waals surface area contributed by atoms with E-state index in [-0.39, 0.29) is 11.2 Å². The van der Waals surface area contributed by atoms with Gasteiger partial charge in [0.15, 0.2) is 0 Å². The molecule has 0 aliphatic carbocycles. The number of ether oxygens (including phenoxy) is 1. The van der Waals surface area contributed by atoms with Gasteiger partial charge in [0.25, 0.3) is 5.91 Å². The number of hydrogen-bond acceptors (Lipinski definition) is 4. The number of aryl methyl sites for hydroxylation is 2. The monoisotopic (exact) mass is 319 g/mol. The molecule has 0 aliphatic heterocycles. The van der Waals surface area contributed by atoms with Crippen molar-refractivity contribution in [1.29, 1.82) is 0 Å². The molecular weight excluding hydrogens is 298 g/mol. The lowest BCUT2D eigenvalue weighted by Crippen LogP contribution is -2.30. The van der Waals surface area contributed by atoms with E-state index in [1.165, 1.54) is 4.90 Å². The van der Waals surface area contributed by atoms with Crippen molar-refractivity contribution in [1.82, 2.24) is 15.1 Å². The highest BCUT2D eigenvalue weighted by Gasteiger charge is 2.21. The van der Waals surface area contributed by atoms with Crippen LogP contribution in [0.5, 0.6) is 5.88 Å². The zero-order chi connectivity index (χ0) is 16.1. The molecule has 118 valence electrons. The second-order valence-corrected chi connectivity index (χ2v) is 6.56. The van der Waals surface area contributed by atoms with E-state index >= 15 is 0 Å². The number of amides is 1. The van der Waals surface area contributed by atoms with Gasteiger partial charge in [0.1, 0.15) is 5.56 Å². The van der Waals surface area contributed by atoms with Crippen LogP contribution in [0.15, 0.2) is 35.2 Å². The van der Waals surface area contributed by atoms with Crippen LogP contribution in [0.3, 0.4) is 0 Å². The summed E-state index contributed by atoms with van der Waals surface area (Å²) in [6.45, 7) is 4.47. The number of nitrogens with zero attached hydrogens (tertiary/aromatic N) is 2. The first-order valence-corrected chi connectivity index (χ1v) is 7.98. The maximum absolute atomic E-state index is 12.4. The molecule has 0 saturated carbocycles. The predicted molar refractivity (Wildman–Crippen MR) is 88.6 cm³/mol. The topological polar surface area (TPSA) is 56.1 Å². The van der Waals surface area contributed by atoms with Crippen molar-refractivity contribution in [2.24, 2.45) is 7.05 Å². The first-order chi connectivity index (χ1) is 10.5. The minimum absolute atomic E-state index is 0.150. The van der Waals surface area contributed by atoms with Crippen LogP contribution in [-0.4, -0.2) is 34.6 Å². The third-order valence-corrected chi connectivity index (χ3v) is 4.33. The summed E-state index contributed by atoms with van der Waals surface area (Å²) in [5, 5.41) is 7.45. The summed E-state index contributed by atoms with van der Waals surface area (Å²) in [6.07, 6.45) is 0. The first-order valence-electron chi connectivity index (χ1n) is 7.10. The number of benzene rings is 1. The minimum Gasteiger partial charge on any atom is -0.481 e. The number of thioether (sulfide) groups is 1. The number of methoxy groups -OCH3 is 1. The van der Waals surface area contributed by atoms with Crippen LogP contribution in [0.2, 0.25) is 0 Å². The molecular formula is C16H21N3O2S. The molecule has 2 aromatic rings. The molecule has 22 heavy (non-hydrogen) atoms. The second kappa shape index (κ2) is 7.35. The molecule has 1 amide bonds. The van der Waals surface area contributed by atoms with Crippen molar-refractivity contribution in [3.63, 3.8) is 0 Å². The number of aromatic nitrogens is 2. The lowest BCUT2D eigenvalue weighted by atomic mass is 10.2. The average Bonchev–Trinajstić information content (AvgIpc) is 2.79. The molecule has 1 heterocycles. The summed E-state index contributed by atoms with van der Waals surface area (Å²) in [7, 11) is 3.30. The lowest BCUT2D eigenvalue weighted by molar-refractivity contribution is 0.0950. The molecule has 0 bridgehead atoms. The van der Waals surface area contributed by atoms with Gasteiger partial charge in [0.2, 0.25) is 5.88 Å². The van der Waals surface area contributed by atoms with Gasteiger partial charge < -0.3 is 10.1 Å². The van der Waals surface area contributed by atoms with Crippen molar-refractivity contribution >= 4 is 17.7 Å². The second-order valence-electron chi connectivity index (χ2n) is 5.04. The largest absolute Gasteiger partial charge is 0.481 e. The molecule has 2 rings (SSSR count). The van der Waals surface area contributed by atoms with Gasteiger partial charge in [0, 0.05) is 23.7 Å². The molecule has 0 radical (unpaired) electrons. The van der Waals surface area contributed by atoms with E-state index in [1.54, 1.807) is 37.5 Å². The normalized spacial score (nSPS) is 12.0. The fourth-order valence-corrected chi connectivity index (χ4v) is 3.18. The first kappa shape index (κ1) is 16.4. The van der Waals surface area contributed by atoms with Crippen molar-refractivity contribution in [2.45, 2.75) is 24.0 Å². The molecule has 1 atom stereocenters. The van der Waals surface area contributed by atoms with Crippen LogP contribution in [0, 0.1) is 6.92 Å². The van der Waals surface area contributed by atoms with Crippen LogP contribution in [0.4, 0.5) is 0 Å². The number of carbonyl (C=O) groups is 1. The summed E-state index contributed by atoms with van der Waals surface area (Å²) < 4.78 is 6.83. The van der Waals surface area contributed by atoms with Crippen molar-refractivity contribution < 1.29 is 9.53 Å². The lowest BCUT2D eigenvalue weighted by Gasteiger charge is -2.13. The number of rotatable bonds is 6. The fourth-order valence-electron chi connectivity index (χ4n) is 2.23. The zero-order valence-electron chi connectivity index (χ0n) is 13.3. The molecule has 0 aliphatic rings. The Morgan fingerprint density at radius 1 is 1.41 bits per heavy atom. The van der Waals surface area contributed by atoms with Crippen LogP contribution in [0.25, 0.3) is 0 Å². The summed E-state index contributed by atoms with van der Waals surface area (Å²) in [6, 6.07) is 10.2. The summed E-state index contributed by atoms with van der Waals surface area (Å²) >= 11 is 1.73. The van der Waals surface area contributed by atoms with Crippen LogP contribution >= 0.6 is 11.8 Å². The Morgan fingerprint density at radius 2 is 2.09 bits per heavy atom. The van der Waals surface area contributed by atoms with Crippen molar-refractivity contribution in [3.8, 4) is 5.88 Å². The van der Waals surface area contributed by atoms with Crippen molar-refractivity contribution in [3.05, 3.63) is 41.6 Å². The highest BCUT2D eigenvalue weighted by atomic mass is 32.2. The van der Waals surface area contributed by atoms with E-state index in [1.807, 2.05) is 18.2 Å². The third kappa shape index (κ3) is 3.82. The Balaban J connectivity index is 1.95. The van der Waals surface area contributed by atoms with Gasteiger partial charge in [-0.2, -0.15) is 5.10 Å². The van der Waals surface area contributed by atoms with E-state index in [2.05, 4.69) is 29.5 Å². The summed E-state index contributed by atoms with van der Waals surface area (Å²) in [4.78, 5) is 13.6. The molecule has 0 unspecified atom stereocenters. The Hall–Kier alpha value is -1.95. The van der Waals surface area contributed by atoms with Gasteiger partial charge in [-0.25, -0.2) is 4.68 Å². The van der Waals surface area contributed by atoms with E-state index in [4.69, 9.17) is 4.74 Å². The minimum atomic E-state index is -0.150. The maximum atomic E-state index is 12.4. The molecule has 1 aromatic heterocycles. The molecule has 0 saturated heterocycles. The molecule has 0 spiro atoms. The fraction of sp³-hybridized carbons (Fsp3) is 0.375. The van der Waals surface area contributed by atoms with E-state index in [0.29, 0.717) is 23.7 Å². The standard InChI is InChI=1S/C16H21N3O2S/c1-11(22-13-8-6-5-7-9-13)10-17-15(20)14-12(2)18-19(3)16(14)21-4/h5-9,11H,10H2,1-4H3,(H,17,20)/t11-/m0/s1. The zero-order valence-corrected chi connectivity index (χ0v) is 14.1. The molecule has 1 N–H and O–H groups in total. The smallest absolute Gasteiger partial charge is 0.258 e. The highest BCUT2D eigenvalue weighted by Crippen LogP contribution is 2.23. The van der Waals surface area contributed by atoms with Gasteiger partial charge in [-0.15, -0.1) is 11.8 Å². The predicted octanol–water partition coefficient (Wildman–Crippen LogP) is 2.65. The molecule has 5 nitrogen and oxygen atoms in total. The van der Waals surface area contributed by atoms with E-state index in [9.17, 15) is 4.79 Å². The van der Waals surface area contributed by atoms with Crippen LogP contribution < -0.4 is 10.1 Å². The van der Waals surface area contributed by atoms with E-state index < -0.39 is 0 Å². The van der Waals surface area contributed by atoms with Gasteiger partial charge in [-0.3, -0.25) is 4.79 Å². The van der Waals surface area contributed by atoms with E-state index in [0.717, 1.165) is 0 Å². The van der Waals surface area contributed by atoms with Crippen LogP contribution in [0.1, 0.15) is 23.0 Å². The summed E-state index contributed by atoms with van der Waals surface area (Å²) in [5.41, 5.74) is 1.17. The Morgan fingerprint density at radius 3 is 2.73 bits per heavy atom. The molecule has 6 heteroatoms. The SMILES string of the molecule is COc1c(C(=O)NC[C@H](C)Sc2ccccc2)c(C)nn1C. The van der Waals surface area contributed by atoms with Gasteiger partial charge in [0.05, 0.1) is 12.8 Å². The Labute approximate surface area is 135 Å². The van der Waals surface area contributed by atoms with Crippen molar-refractivity contribution in [2.75, 3.05) is 13.7 Å². The Kier molecular flexibility index (Phi) is 5.49. The number of nitrogens with one attached hydrogen (secondary N) is 1. The molecule has 0 fully saturated rings. The Bertz CT molecular complexity index is 640. The quantitative estimate of drug-likeness (QED) is 0.832. The summed E-state index contributed by atoms with van der Waals surface area (Å²) in [5.74, 6) is 0.335. The third-order valence-electron chi connectivity index (χ3n) is 3.22. The van der Waals surface area contributed by atoms with Gasteiger partial charge in [-0.05, 0) is 19.1 Å². The number of hydrogen-bond donors (Lipinski definition) is 1. The highest BCUT2D eigenvalue weighted by molar-refractivity contribution is 8.00. The average molecular weight is 319 g/mol. The molecule has 1 aromatic carbocycles. The number of carbonyl (C=O) groups excluding carboxylic acids is 1. The van der Waals surface area contributed by atoms with Crippen LogP contribution in [-0.2, 0) is 7.05 Å². The van der Waals surface area contributed by atoms with Gasteiger partial charge in [-0.1, -0.05) is 25.1 Å². The maximum Gasteiger partial charge on any atom is 0.258 e.